The Morgan fingerprint density at radius 1 is 1.38 bits per heavy atom. The molecule has 0 atom stereocenters. The van der Waals surface area contributed by atoms with E-state index in [-0.39, 0.29) is 12.5 Å². The number of nitrogens with one attached hydrogen (secondary N) is 1. The Hall–Kier alpha value is -2.93. The fourth-order valence-electron chi connectivity index (χ4n) is 2.36. The summed E-state index contributed by atoms with van der Waals surface area (Å²) in [6.07, 6.45) is 12.4. The summed E-state index contributed by atoms with van der Waals surface area (Å²) in [6, 6.07) is 7.44. The zero-order chi connectivity index (χ0) is 17.4. The van der Waals surface area contributed by atoms with Gasteiger partial charge in [0, 0.05) is 18.7 Å². The van der Waals surface area contributed by atoms with E-state index in [1.165, 1.54) is 5.57 Å². The van der Waals surface area contributed by atoms with Crippen molar-refractivity contribution in [1.82, 2.24) is 5.32 Å². The highest BCUT2D eigenvalue weighted by atomic mass is 16.5. The minimum atomic E-state index is -0.165. The molecule has 24 heavy (non-hydrogen) atoms. The largest absolute Gasteiger partial charge is 0.481 e. The summed E-state index contributed by atoms with van der Waals surface area (Å²) in [7, 11) is 0. The molecule has 3 N–H and O–H groups in total. The second kappa shape index (κ2) is 8.64. The Morgan fingerprint density at radius 2 is 2.12 bits per heavy atom. The lowest BCUT2D eigenvalue weighted by atomic mass is 10.1. The number of carbonyl (C=O) groups is 1. The van der Waals surface area contributed by atoms with Crippen molar-refractivity contribution in [1.29, 1.82) is 0 Å². The van der Waals surface area contributed by atoms with Crippen LogP contribution >= 0.6 is 0 Å². The monoisotopic (exact) mass is 322 g/mol. The summed E-state index contributed by atoms with van der Waals surface area (Å²) >= 11 is 0. The quantitative estimate of drug-likeness (QED) is 0.792. The van der Waals surface area contributed by atoms with Gasteiger partial charge in [0.15, 0.2) is 0 Å². The molecule has 1 aromatic rings. The molecule has 1 aliphatic carbocycles. The van der Waals surface area contributed by atoms with Gasteiger partial charge in [-0.05, 0) is 30.2 Å². The Morgan fingerprint density at radius 3 is 2.79 bits per heavy atom. The predicted octanol–water partition coefficient (Wildman–Crippen LogP) is 2.82. The van der Waals surface area contributed by atoms with Gasteiger partial charge in [0.2, 0.25) is 0 Å². The molecular weight excluding hydrogens is 300 g/mol. The third-order valence-electron chi connectivity index (χ3n) is 3.76. The van der Waals surface area contributed by atoms with Crippen LogP contribution in [0.5, 0.6) is 5.75 Å². The van der Waals surface area contributed by atoms with E-state index in [1.807, 2.05) is 36.4 Å². The van der Waals surface area contributed by atoms with E-state index in [2.05, 4.69) is 18.2 Å². The number of allylic oxidation sites excluding steroid dienone is 3. The van der Waals surface area contributed by atoms with Crippen molar-refractivity contribution in [2.45, 2.75) is 26.3 Å². The standard InChI is InChI=1S/C20H22N2O2/c1-3-12-24-17-10-8-16(9-11-17)14-22-20(23)18-7-5-6-15(4-2)13-19(18)21/h1,5-11H,4,12-14,21H2,2H3,(H,22,23). The number of carbonyl (C=O) groups excluding carboxylic acids is 1. The first-order valence-corrected chi connectivity index (χ1v) is 7.92. The number of amides is 1. The molecule has 0 radical (unpaired) electrons. The van der Waals surface area contributed by atoms with Gasteiger partial charge in [-0.1, -0.05) is 42.7 Å². The van der Waals surface area contributed by atoms with Crippen molar-refractivity contribution in [3.8, 4) is 18.1 Å². The van der Waals surface area contributed by atoms with E-state index in [0.29, 0.717) is 30.0 Å². The number of nitrogens with two attached hydrogens (primary N) is 1. The van der Waals surface area contributed by atoms with E-state index < -0.39 is 0 Å². The lowest BCUT2D eigenvalue weighted by molar-refractivity contribution is -0.117. The summed E-state index contributed by atoms with van der Waals surface area (Å²) in [6.45, 7) is 2.74. The third-order valence-corrected chi connectivity index (χ3v) is 3.76. The molecule has 0 saturated heterocycles. The number of hydrogen-bond donors (Lipinski definition) is 2. The lowest BCUT2D eigenvalue weighted by Gasteiger charge is -2.10. The minimum absolute atomic E-state index is 0.165. The van der Waals surface area contributed by atoms with Gasteiger partial charge in [0.1, 0.15) is 12.4 Å². The molecule has 4 nitrogen and oxygen atoms in total. The van der Waals surface area contributed by atoms with Gasteiger partial charge in [-0.25, -0.2) is 0 Å². The third kappa shape index (κ3) is 4.79. The second-order valence-corrected chi connectivity index (χ2v) is 5.47. The molecule has 0 saturated carbocycles. The van der Waals surface area contributed by atoms with Gasteiger partial charge >= 0.3 is 0 Å². The first-order valence-electron chi connectivity index (χ1n) is 7.92. The van der Waals surface area contributed by atoms with Gasteiger partial charge < -0.3 is 15.8 Å². The Balaban J connectivity index is 1.94. The molecule has 2 rings (SSSR count). The molecule has 0 aromatic heterocycles. The summed E-state index contributed by atoms with van der Waals surface area (Å²) in [5.41, 5.74) is 9.40. The molecular formula is C20H22N2O2. The van der Waals surface area contributed by atoms with E-state index in [1.54, 1.807) is 6.08 Å². The molecule has 4 heteroatoms. The van der Waals surface area contributed by atoms with Gasteiger partial charge in [-0.15, -0.1) is 6.42 Å². The van der Waals surface area contributed by atoms with Crippen molar-refractivity contribution < 1.29 is 9.53 Å². The highest BCUT2D eigenvalue weighted by Crippen LogP contribution is 2.19. The topological polar surface area (TPSA) is 64.3 Å². The number of ether oxygens (including phenoxy) is 1. The van der Waals surface area contributed by atoms with Crippen LogP contribution in [0.25, 0.3) is 0 Å². The van der Waals surface area contributed by atoms with Gasteiger partial charge in [-0.3, -0.25) is 4.79 Å². The maximum Gasteiger partial charge on any atom is 0.253 e. The molecule has 1 amide bonds. The fraction of sp³-hybridized carbons (Fsp3) is 0.250. The average Bonchev–Trinajstić information content (AvgIpc) is 2.80. The SMILES string of the molecule is C#CCOc1ccc(CNC(=O)C2=C(N)CC(CC)=CC=C2)cc1. The van der Waals surface area contributed by atoms with E-state index in [9.17, 15) is 4.79 Å². The van der Waals surface area contributed by atoms with Crippen LogP contribution in [0.3, 0.4) is 0 Å². The summed E-state index contributed by atoms with van der Waals surface area (Å²) in [5.74, 6) is 2.96. The maximum absolute atomic E-state index is 12.4. The van der Waals surface area contributed by atoms with E-state index in [0.717, 1.165) is 12.0 Å². The first-order chi connectivity index (χ1) is 11.6. The summed E-state index contributed by atoms with van der Waals surface area (Å²) in [4.78, 5) is 12.4. The van der Waals surface area contributed by atoms with Crippen molar-refractivity contribution in [3.05, 3.63) is 64.9 Å². The Kier molecular flexibility index (Phi) is 6.27. The molecule has 0 bridgehead atoms. The van der Waals surface area contributed by atoms with Crippen molar-refractivity contribution in [2.24, 2.45) is 5.73 Å². The van der Waals surface area contributed by atoms with Crippen LogP contribution in [-0.4, -0.2) is 12.5 Å². The fourth-order valence-corrected chi connectivity index (χ4v) is 2.36. The van der Waals surface area contributed by atoms with Gasteiger partial charge in [0.25, 0.3) is 5.91 Å². The maximum atomic E-state index is 12.4. The molecule has 1 aromatic carbocycles. The molecule has 0 fully saturated rings. The zero-order valence-electron chi connectivity index (χ0n) is 13.8. The van der Waals surface area contributed by atoms with Crippen LogP contribution in [0.2, 0.25) is 0 Å². The van der Waals surface area contributed by atoms with Gasteiger partial charge in [0.05, 0.1) is 5.57 Å². The van der Waals surface area contributed by atoms with Crippen LogP contribution in [0, 0.1) is 12.3 Å². The van der Waals surface area contributed by atoms with Crippen LogP contribution < -0.4 is 15.8 Å². The molecule has 1 aliphatic rings. The molecule has 124 valence electrons. The summed E-state index contributed by atoms with van der Waals surface area (Å²) in [5, 5.41) is 2.90. The predicted molar refractivity (Wildman–Crippen MR) is 96.0 cm³/mol. The van der Waals surface area contributed by atoms with E-state index in [4.69, 9.17) is 16.9 Å². The van der Waals surface area contributed by atoms with Crippen LogP contribution in [0.1, 0.15) is 25.3 Å². The zero-order valence-corrected chi connectivity index (χ0v) is 13.8. The smallest absolute Gasteiger partial charge is 0.253 e. The number of rotatable bonds is 6. The van der Waals surface area contributed by atoms with Crippen molar-refractivity contribution in [2.75, 3.05) is 6.61 Å². The second-order valence-electron chi connectivity index (χ2n) is 5.47. The number of hydrogen-bond acceptors (Lipinski definition) is 3. The average molecular weight is 322 g/mol. The molecule has 0 spiro atoms. The van der Waals surface area contributed by atoms with Crippen LogP contribution in [0.15, 0.2) is 59.3 Å². The highest BCUT2D eigenvalue weighted by Gasteiger charge is 2.13. The lowest BCUT2D eigenvalue weighted by Crippen LogP contribution is -2.26. The summed E-state index contributed by atoms with van der Waals surface area (Å²) < 4.78 is 5.32. The Bertz CT molecular complexity index is 719. The number of benzene rings is 1. The van der Waals surface area contributed by atoms with Crippen LogP contribution in [-0.2, 0) is 11.3 Å². The molecule has 0 unspecified atom stereocenters. The van der Waals surface area contributed by atoms with Crippen LogP contribution in [0.4, 0.5) is 0 Å². The normalized spacial score (nSPS) is 13.8. The Labute approximate surface area is 143 Å². The van der Waals surface area contributed by atoms with Crippen molar-refractivity contribution in [3.63, 3.8) is 0 Å². The first kappa shape index (κ1) is 17.4. The van der Waals surface area contributed by atoms with E-state index >= 15 is 0 Å². The minimum Gasteiger partial charge on any atom is -0.481 e. The van der Waals surface area contributed by atoms with Gasteiger partial charge in [-0.2, -0.15) is 0 Å². The number of terminal acetylenes is 1. The molecule has 0 heterocycles. The molecule has 0 aliphatic heterocycles. The van der Waals surface area contributed by atoms with Crippen molar-refractivity contribution >= 4 is 5.91 Å². The highest BCUT2D eigenvalue weighted by molar-refractivity contribution is 5.97.